The van der Waals surface area contributed by atoms with Crippen molar-refractivity contribution in [2.75, 3.05) is 11.4 Å². The topological polar surface area (TPSA) is 46.3 Å². The van der Waals surface area contributed by atoms with Gasteiger partial charge in [0.05, 0.1) is 10.2 Å². The molecule has 124 valence electrons. The number of benzene rings is 1. The van der Waals surface area contributed by atoms with Crippen molar-refractivity contribution in [1.82, 2.24) is 4.98 Å². The lowest BCUT2D eigenvalue weighted by molar-refractivity contribution is -0.114. The number of fused-ring (bicyclic) bond motifs is 1. The summed E-state index contributed by atoms with van der Waals surface area (Å²) < 4.78 is 7.11. The maximum absolute atomic E-state index is 12.7. The molecule has 0 saturated carbocycles. The summed E-state index contributed by atoms with van der Waals surface area (Å²) in [4.78, 5) is 19.0. The van der Waals surface area contributed by atoms with Crippen LogP contribution in [-0.4, -0.2) is 17.4 Å². The van der Waals surface area contributed by atoms with Crippen LogP contribution in [0.4, 0.5) is 5.13 Å². The van der Waals surface area contributed by atoms with Gasteiger partial charge in [0.15, 0.2) is 9.80 Å². The zero-order valence-corrected chi connectivity index (χ0v) is 15.8. The van der Waals surface area contributed by atoms with Gasteiger partial charge in [0.1, 0.15) is 5.76 Å². The number of aromatic nitrogens is 1. The Hall–Kier alpha value is -1.92. The molecule has 0 saturated heterocycles. The van der Waals surface area contributed by atoms with Gasteiger partial charge in [0.25, 0.3) is 5.91 Å². The molecule has 3 aromatic rings. The number of carbonyl (C=O) groups excluding carboxylic acids is 1. The van der Waals surface area contributed by atoms with Crippen molar-refractivity contribution in [1.29, 1.82) is 0 Å². The quantitative estimate of drug-likeness (QED) is 0.538. The summed E-state index contributed by atoms with van der Waals surface area (Å²) in [6.07, 6.45) is 3.20. The molecule has 1 amide bonds. The molecule has 0 N–H and O–H groups in total. The largest absolute Gasteiger partial charge is 0.450 e. The molecule has 0 radical (unpaired) electrons. The number of anilines is 1. The van der Waals surface area contributed by atoms with Crippen LogP contribution in [0, 0.1) is 5.92 Å². The molecule has 24 heavy (non-hydrogen) atoms. The van der Waals surface area contributed by atoms with Crippen LogP contribution in [0.15, 0.2) is 51.6 Å². The van der Waals surface area contributed by atoms with Crippen LogP contribution in [0.1, 0.15) is 19.6 Å². The Morgan fingerprint density at radius 2 is 2.12 bits per heavy atom. The summed E-state index contributed by atoms with van der Waals surface area (Å²) in [7, 11) is 0. The summed E-state index contributed by atoms with van der Waals surface area (Å²) in [5.41, 5.74) is 0.915. The molecule has 0 aliphatic heterocycles. The van der Waals surface area contributed by atoms with E-state index in [1.54, 1.807) is 23.1 Å². The molecule has 0 bridgehead atoms. The average Bonchev–Trinajstić information content (AvgIpc) is 3.15. The van der Waals surface area contributed by atoms with Crippen LogP contribution in [0.25, 0.3) is 16.3 Å². The van der Waals surface area contributed by atoms with Crippen LogP contribution >= 0.6 is 27.3 Å². The molecule has 3 rings (SSSR count). The molecule has 0 atom stereocenters. The van der Waals surface area contributed by atoms with Gasteiger partial charge < -0.3 is 4.42 Å². The lowest BCUT2D eigenvalue weighted by Gasteiger charge is -2.20. The van der Waals surface area contributed by atoms with E-state index >= 15 is 0 Å². The molecular formula is C18H17BrN2O2S. The summed E-state index contributed by atoms with van der Waals surface area (Å²) >= 11 is 4.78. The molecule has 4 nitrogen and oxygen atoms in total. The smallest absolute Gasteiger partial charge is 0.252 e. The van der Waals surface area contributed by atoms with Crippen molar-refractivity contribution >= 4 is 54.6 Å². The van der Waals surface area contributed by atoms with Gasteiger partial charge in [-0.15, -0.1) is 0 Å². The molecule has 2 heterocycles. The summed E-state index contributed by atoms with van der Waals surface area (Å²) in [6, 6.07) is 11.5. The van der Waals surface area contributed by atoms with Gasteiger partial charge in [0, 0.05) is 12.6 Å². The minimum atomic E-state index is -0.102. The van der Waals surface area contributed by atoms with E-state index in [1.807, 2.05) is 24.3 Å². The van der Waals surface area contributed by atoms with E-state index in [4.69, 9.17) is 4.42 Å². The van der Waals surface area contributed by atoms with Crippen LogP contribution in [-0.2, 0) is 4.79 Å². The van der Waals surface area contributed by atoms with E-state index in [9.17, 15) is 4.79 Å². The summed E-state index contributed by atoms with van der Waals surface area (Å²) in [5, 5.41) is 0.722. The Labute approximate surface area is 152 Å². The minimum Gasteiger partial charge on any atom is -0.450 e. The molecule has 2 aromatic heterocycles. The molecule has 1 aromatic carbocycles. The first-order valence-electron chi connectivity index (χ1n) is 7.63. The van der Waals surface area contributed by atoms with Gasteiger partial charge in [-0.05, 0) is 52.2 Å². The number of carbonyl (C=O) groups is 1. The summed E-state index contributed by atoms with van der Waals surface area (Å²) in [5.74, 6) is 0.867. The Kier molecular flexibility index (Phi) is 5.16. The Balaban J connectivity index is 1.87. The van der Waals surface area contributed by atoms with Gasteiger partial charge in [-0.2, -0.15) is 0 Å². The van der Waals surface area contributed by atoms with E-state index in [0.29, 0.717) is 22.9 Å². The average molecular weight is 405 g/mol. The van der Waals surface area contributed by atoms with E-state index in [2.05, 4.69) is 34.8 Å². The predicted octanol–water partition coefficient (Wildman–Crippen LogP) is 5.35. The predicted molar refractivity (Wildman–Crippen MR) is 102 cm³/mol. The third-order valence-electron chi connectivity index (χ3n) is 3.31. The monoisotopic (exact) mass is 404 g/mol. The highest BCUT2D eigenvalue weighted by Gasteiger charge is 2.19. The maximum atomic E-state index is 12.7. The molecular weight excluding hydrogens is 388 g/mol. The van der Waals surface area contributed by atoms with Gasteiger partial charge in [0.2, 0.25) is 0 Å². The number of thiazole rings is 1. The van der Waals surface area contributed by atoms with E-state index in [0.717, 1.165) is 15.3 Å². The maximum Gasteiger partial charge on any atom is 0.252 e. The fourth-order valence-electron chi connectivity index (χ4n) is 2.26. The molecule has 6 heteroatoms. The van der Waals surface area contributed by atoms with Crippen molar-refractivity contribution in [2.24, 2.45) is 5.92 Å². The zero-order valence-electron chi connectivity index (χ0n) is 13.4. The third kappa shape index (κ3) is 3.94. The lowest BCUT2D eigenvalue weighted by atomic mass is 10.2. The van der Waals surface area contributed by atoms with Gasteiger partial charge in [-0.1, -0.05) is 37.3 Å². The van der Waals surface area contributed by atoms with E-state index in [-0.39, 0.29) is 5.91 Å². The van der Waals surface area contributed by atoms with Crippen LogP contribution < -0.4 is 4.90 Å². The van der Waals surface area contributed by atoms with Gasteiger partial charge >= 0.3 is 0 Å². The highest BCUT2D eigenvalue weighted by atomic mass is 79.9. The van der Waals surface area contributed by atoms with Crippen molar-refractivity contribution in [3.05, 3.63) is 52.9 Å². The second-order valence-electron chi connectivity index (χ2n) is 5.78. The lowest BCUT2D eigenvalue weighted by Crippen LogP contribution is -2.32. The number of rotatable bonds is 5. The molecule has 0 spiro atoms. The fourth-order valence-corrected chi connectivity index (χ4v) is 3.56. The normalized spacial score (nSPS) is 11.7. The number of halogens is 1. The zero-order chi connectivity index (χ0) is 17.1. The van der Waals surface area contributed by atoms with Crippen molar-refractivity contribution in [3.8, 4) is 0 Å². The van der Waals surface area contributed by atoms with Crippen LogP contribution in [0.5, 0.6) is 0 Å². The number of hydrogen-bond acceptors (Lipinski definition) is 4. The van der Waals surface area contributed by atoms with Gasteiger partial charge in [-0.3, -0.25) is 9.69 Å². The minimum absolute atomic E-state index is 0.102. The first-order chi connectivity index (χ1) is 11.5. The molecule has 0 aliphatic carbocycles. The van der Waals surface area contributed by atoms with Gasteiger partial charge in [-0.25, -0.2) is 4.98 Å². The van der Waals surface area contributed by atoms with Crippen molar-refractivity contribution in [2.45, 2.75) is 13.8 Å². The standard InChI is InChI=1S/C18H17BrN2O2S/c1-12(2)11-21(17(22)10-8-13-7-9-16(19)23-13)18-20-14-5-3-4-6-15(14)24-18/h3-10,12H,11H2,1-2H3. The third-order valence-corrected chi connectivity index (χ3v) is 4.80. The molecule has 0 fully saturated rings. The Morgan fingerprint density at radius 1 is 1.33 bits per heavy atom. The van der Waals surface area contributed by atoms with Crippen LogP contribution in [0.2, 0.25) is 0 Å². The summed E-state index contributed by atoms with van der Waals surface area (Å²) in [6.45, 7) is 4.78. The number of nitrogens with zero attached hydrogens (tertiary/aromatic N) is 2. The second kappa shape index (κ2) is 7.32. The van der Waals surface area contributed by atoms with Crippen molar-refractivity contribution < 1.29 is 9.21 Å². The highest BCUT2D eigenvalue weighted by Crippen LogP contribution is 2.29. The van der Waals surface area contributed by atoms with Crippen LogP contribution in [0.3, 0.4) is 0 Å². The number of para-hydroxylation sites is 1. The Morgan fingerprint density at radius 3 is 2.79 bits per heavy atom. The number of amides is 1. The second-order valence-corrected chi connectivity index (χ2v) is 7.57. The number of furan rings is 1. The first kappa shape index (κ1) is 16.9. The molecule has 0 unspecified atom stereocenters. The first-order valence-corrected chi connectivity index (χ1v) is 9.24. The SMILES string of the molecule is CC(C)CN(C(=O)C=Cc1ccc(Br)o1)c1nc2ccccc2s1. The fraction of sp³-hybridized carbons (Fsp3) is 0.222. The number of hydrogen-bond donors (Lipinski definition) is 0. The highest BCUT2D eigenvalue weighted by molar-refractivity contribution is 9.10. The van der Waals surface area contributed by atoms with Crippen molar-refractivity contribution in [3.63, 3.8) is 0 Å². The van der Waals surface area contributed by atoms with E-state index < -0.39 is 0 Å². The molecule has 0 aliphatic rings. The Bertz CT molecular complexity index is 849. The van der Waals surface area contributed by atoms with E-state index in [1.165, 1.54) is 17.4 Å².